The van der Waals surface area contributed by atoms with Crippen molar-refractivity contribution in [2.24, 2.45) is 0 Å². The Balaban J connectivity index is 2.68. The lowest BCUT2D eigenvalue weighted by atomic mass is 10.2. The van der Waals surface area contributed by atoms with Crippen LogP contribution in [-0.2, 0) is 0 Å². The molecule has 0 aliphatic carbocycles. The van der Waals surface area contributed by atoms with Crippen molar-refractivity contribution in [1.29, 1.82) is 0 Å². The van der Waals surface area contributed by atoms with E-state index in [-0.39, 0.29) is 0 Å². The number of nitrogens with one attached hydrogen (secondary N) is 1. The Labute approximate surface area is 96.2 Å². The van der Waals surface area contributed by atoms with Crippen LogP contribution in [0.15, 0.2) is 24.3 Å². The first kappa shape index (κ1) is 13.1. The Morgan fingerprint density at radius 3 is 2.53 bits per heavy atom. The van der Waals surface area contributed by atoms with Crippen LogP contribution in [0.5, 0.6) is 0 Å². The monoisotopic (exact) mass is 247 g/mol. The number of nitrogens with zero attached hydrogens (tertiary/aromatic N) is 1. The summed E-state index contributed by atoms with van der Waals surface area (Å²) in [6, 6.07) is 5.55. The molecule has 0 atom stereocenters. The van der Waals surface area contributed by atoms with E-state index in [2.05, 4.69) is 0 Å². The molecule has 1 aromatic rings. The van der Waals surface area contributed by atoms with E-state index in [4.69, 9.17) is 5.73 Å². The first-order valence-corrected chi connectivity index (χ1v) is 4.74. The molecule has 1 aromatic carbocycles. The van der Waals surface area contributed by atoms with Gasteiger partial charge in [-0.3, -0.25) is 4.90 Å². The van der Waals surface area contributed by atoms with Crippen molar-refractivity contribution in [2.75, 3.05) is 24.2 Å². The van der Waals surface area contributed by atoms with E-state index in [9.17, 15) is 18.0 Å². The number of urea groups is 1. The fourth-order valence-electron chi connectivity index (χ4n) is 1.20. The van der Waals surface area contributed by atoms with Crippen LogP contribution in [0.3, 0.4) is 0 Å². The third-order valence-electron chi connectivity index (χ3n) is 2.04. The highest BCUT2D eigenvalue weighted by atomic mass is 19.4. The lowest BCUT2D eigenvalue weighted by molar-refractivity contribution is -0.122. The average molecular weight is 247 g/mol. The normalized spacial score (nSPS) is 11.1. The second-order valence-corrected chi connectivity index (χ2v) is 3.39. The van der Waals surface area contributed by atoms with Gasteiger partial charge in [0.2, 0.25) is 0 Å². The summed E-state index contributed by atoms with van der Waals surface area (Å²) in [5.74, 6) is 0. The highest BCUT2D eigenvalue weighted by Crippen LogP contribution is 2.21. The summed E-state index contributed by atoms with van der Waals surface area (Å²) in [6.45, 7) is -1.37. The lowest BCUT2D eigenvalue weighted by Crippen LogP contribution is -2.42. The number of nitrogen functional groups attached to an aromatic ring is 1. The van der Waals surface area contributed by atoms with Gasteiger partial charge >= 0.3 is 12.2 Å². The van der Waals surface area contributed by atoms with E-state index in [1.807, 2.05) is 0 Å². The van der Waals surface area contributed by atoms with Crippen LogP contribution in [0.2, 0.25) is 0 Å². The number of alkyl halides is 3. The molecule has 2 amide bonds. The second-order valence-electron chi connectivity index (χ2n) is 3.39. The van der Waals surface area contributed by atoms with E-state index >= 15 is 0 Å². The van der Waals surface area contributed by atoms with Gasteiger partial charge < -0.3 is 11.1 Å². The van der Waals surface area contributed by atoms with Crippen molar-refractivity contribution >= 4 is 17.4 Å². The molecule has 1 rings (SSSR count). The maximum atomic E-state index is 11.9. The van der Waals surface area contributed by atoms with Gasteiger partial charge in [0.05, 0.1) is 11.4 Å². The Kier molecular flexibility index (Phi) is 3.82. The van der Waals surface area contributed by atoms with E-state index in [1.54, 1.807) is 29.6 Å². The van der Waals surface area contributed by atoms with Gasteiger partial charge in [-0.05, 0) is 12.1 Å². The number of hydrogen-bond acceptors (Lipinski definition) is 2. The summed E-state index contributed by atoms with van der Waals surface area (Å²) >= 11 is 0. The molecule has 3 N–H and O–H groups in total. The molecular weight excluding hydrogens is 235 g/mol. The number of benzene rings is 1. The topological polar surface area (TPSA) is 58.4 Å². The van der Waals surface area contributed by atoms with Crippen LogP contribution in [0, 0.1) is 0 Å². The highest BCUT2D eigenvalue weighted by Gasteiger charge is 2.28. The fraction of sp³-hybridized carbons (Fsp3) is 0.300. The Hall–Kier alpha value is -1.92. The molecule has 0 saturated heterocycles. The summed E-state index contributed by atoms with van der Waals surface area (Å²) in [5, 5.41) is 1.75. The molecule has 0 radical (unpaired) electrons. The van der Waals surface area contributed by atoms with Gasteiger partial charge in [0.25, 0.3) is 0 Å². The zero-order valence-electron chi connectivity index (χ0n) is 9.08. The summed E-state index contributed by atoms with van der Waals surface area (Å²) < 4.78 is 35.7. The highest BCUT2D eigenvalue weighted by molar-refractivity contribution is 5.94. The zero-order valence-corrected chi connectivity index (χ0v) is 9.08. The van der Waals surface area contributed by atoms with Gasteiger partial charge in [-0.1, -0.05) is 12.1 Å². The second kappa shape index (κ2) is 4.94. The van der Waals surface area contributed by atoms with Crippen molar-refractivity contribution < 1.29 is 18.0 Å². The van der Waals surface area contributed by atoms with Gasteiger partial charge in [-0.15, -0.1) is 0 Å². The largest absolute Gasteiger partial charge is 0.405 e. The maximum Gasteiger partial charge on any atom is 0.405 e. The van der Waals surface area contributed by atoms with Crippen LogP contribution < -0.4 is 16.0 Å². The molecule has 94 valence electrons. The van der Waals surface area contributed by atoms with Gasteiger partial charge in [0.15, 0.2) is 0 Å². The minimum atomic E-state index is -4.43. The molecule has 0 aliphatic rings. The molecule has 0 aromatic heterocycles. The number of anilines is 2. The molecule has 0 unspecified atom stereocenters. The van der Waals surface area contributed by atoms with Gasteiger partial charge in [0, 0.05) is 7.05 Å². The fourth-order valence-corrected chi connectivity index (χ4v) is 1.20. The Morgan fingerprint density at radius 2 is 2.00 bits per heavy atom. The standard InChI is InChI=1S/C10H12F3N3O/c1-16(8-5-3-2-4-7(8)14)9(17)15-6-10(11,12)13/h2-5H,6,14H2,1H3,(H,15,17). The molecule has 4 nitrogen and oxygen atoms in total. The Bertz CT molecular complexity index is 406. The van der Waals surface area contributed by atoms with Crippen LogP contribution in [0.4, 0.5) is 29.3 Å². The van der Waals surface area contributed by atoms with E-state index < -0.39 is 18.8 Å². The predicted octanol–water partition coefficient (Wildman–Crippen LogP) is 1.98. The SMILES string of the molecule is CN(C(=O)NCC(F)(F)F)c1ccccc1N. The molecular formula is C10H12F3N3O. The lowest BCUT2D eigenvalue weighted by Gasteiger charge is -2.20. The van der Waals surface area contributed by atoms with E-state index in [0.717, 1.165) is 4.90 Å². The van der Waals surface area contributed by atoms with E-state index in [1.165, 1.54) is 7.05 Å². The smallest absolute Gasteiger partial charge is 0.397 e. The summed E-state index contributed by atoms with van der Waals surface area (Å²) in [7, 11) is 1.34. The van der Waals surface area contributed by atoms with Crippen LogP contribution in [0.1, 0.15) is 0 Å². The molecule has 17 heavy (non-hydrogen) atoms. The number of hydrogen-bond donors (Lipinski definition) is 2. The number of para-hydroxylation sites is 2. The first-order valence-electron chi connectivity index (χ1n) is 4.74. The third kappa shape index (κ3) is 3.86. The zero-order chi connectivity index (χ0) is 13.1. The molecule has 0 saturated carbocycles. The third-order valence-corrected chi connectivity index (χ3v) is 2.04. The quantitative estimate of drug-likeness (QED) is 0.785. The summed E-state index contributed by atoms with van der Waals surface area (Å²) in [5.41, 5.74) is 6.27. The number of rotatable bonds is 2. The van der Waals surface area contributed by atoms with Crippen molar-refractivity contribution in [3.8, 4) is 0 Å². The molecule has 0 bridgehead atoms. The van der Waals surface area contributed by atoms with Crippen molar-refractivity contribution in [2.45, 2.75) is 6.18 Å². The molecule has 7 heteroatoms. The van der Waals surface area contributed by atoms with Crippen LogP contribution in [0.25, 0.3) is 0 Å². The molecule has 0 heterocycles. The Morgan fingerprint density at radius 1 is 1.41 bits per heavy atom. The number of halogens is 3. The van der Waals surface area contributed by atoms with Gasteiger partial charge in [0.1, 0.15) is 6.54 Å². The maximum absolute atomic E-state index is 11.9. The van der Waals surface area contributed by atoms with Gasteiger partial charge in [-0.2, -0.15) is 13.2 Å². The number of nitrogens with two attached hydrogens (primary N) is 1. The minimum Gasteiger partial charge on any atom is -0.397 e. The predicted molar refractivity (Wildman–Crippen MR) is 58.7 cm³/mol. The molecule has 0 fully saturated rings. The average Bonchev–Trinajstić information content (AvgIpc) is 2.24. The molecule has 0 aliphatic heterocycles. The van der Waals surface area contributed by atoms with Crippen molar-refractivity contribution in [1.82, 2.24) is 5.32 Å². The summed E-state index contributed by atoms with van der Waals surface area (Å²) in [4.78, 5) is 12.4. The number of carbonyl (C=O) groups excluding carboxylic acids is 1. The molecule has 0 spiro atoms. The minimum absolute atomic E-state index is 0.317. The van der Waals surface area contributed by atoms with Crippen molar-refractivity contribution in [3.63, 3.8) is 0 Å². The summed E-state index contributed by atoms with van der Waals surface area (Å²) in [6.07, 6.45) is -4.43. The van der Waals surface area contributed by atoms with E-state index in [0.29, 0.717) is 11.4 Å². The van der Waals surface area contributed by atoms with Crippen molar-refractivity contribution in [3.05, 3.63) is 24.3 Å². The first-order chi connectivity index (χ1) is 7.81. The number of amides is 2. The number of carbonyl (C=O) groups is 1. The van der Waals surface area contributed by atoms with Crippen LogP contribution in [-0.4, -0.2) is 25.8 Å². The van der Waals surface area contributed by atoms with Gasteiger partial charge in [-0.25, -0.2) is 4.79 Å². The van der Waals surface area contributed by atoms with Crippen LogP contribution >= 0.6 is 0 Å².